The Labute approximate surface area is 126 Å². The van der Waals surface area contributed by atoms with Crippen LogP contribution in [0.5, 0.6) is 0 Å². The molecular formula is C17H25NO3. The van der Waals surface area contributed by atoms with E-state index in [2.05, 4.69) is 6.92 Å². The molecular weight excluding hydrogens is 266 g/mol. The quantitative estimate of drug-likeness (QED) is 0.411. The summed E-state index contributed by atoms with van der Waals surface area (Å²) in [5.41, 5.74) is -0.558. The van der Waals surface area contributed by atoms with Crippen LogP contribution < -0.4 is 0 Å². The van der Waals surface area contributed by atoms with Crippen molar-refractivity contribution in [2.24, 2.45) is 11.8 Å². The van der Waals surface area contributed by atoms with Crippen LogP contribution in [0.1, 0.15) is 52.4 Å². The van der Waals surface area contributed by atoms with E-state index in [-0.39, 0.29) is 29.8 Å². The number of carbonyl (C=O) groups excluding carboxylic acids is 2. The van der Waals surface area contributed by atoms with Gasteiger partial charge in [-0.2, -0.15) is 0 Å². The molecule has 0 aromatic carbocycles. The minimum absolute atomic E-state index is 0.0170. The maximum Gasteiger partial charge on any atom is 0.236 e. The summed E-state index contributed by atoms with van der Waals surface area (Å²) < 4.78 is 5.81. The molecule has 0 aliphatic carbocycles. The molecule has 0 N–H and O–H groups in total. The molecule has 3 aliphatic heterocycles. The predicted octanol–water partition coefficient (Wildman–Crippen LogP) is 2.68. The summed E-state index contributed by atoms with van der Waals surface area (Å²) in [7, 11) is 0. The number of nitrogens with zero attached hydrogens (tertiary/aromatic N) is 1. The molecule has 0 radical (unpaired) electrons. The van der Waals surface area contributed by atoms with Gasteiger partial charge in [-0.1, -0.05) is 51.2 Å². The van der Waals surface area contributed by atoms with Gasteiger partial charge in [-0.15, -0.1) is 0 Å². The standard InChI is InChI=1S/C17H25NO3/c1-3-4-5-6-7-8-11-18-15(19)13-12-9-10-17(2,21-12)14(13)16(18)20/h9-10,12-14H,3-8,11H2,1-2H3/t12-,13-,14+,17+/m0/s1. The summed E-state index contributed by atoms with van der Waals surface area (Å²) in [6.07, 6.45) is 10.7. The van der Waals surface area contributed by atoms with Crippen molar-refractivity contribution in [3.8, 4) is 0 Å². The smallest absolute Gasteiger partial charge is 0.236 e. The molecule has 2 saturated heterocycles. The van der Waals surface area contributed by atoms with Crippen LogP contribution in [0, 0.1) is 11.8 Å². The Bertz CT molecular complexity index is 473. The normalized spacial score (nSPS) is 36.9. The fourth-order valence-electron chi connectivity index (χ4n) is 3.98. The van der Waals surface area contributed by atoms with Crippen molar-refractivity contribution in [1.29, 1.82) is 0 Å². The Kier molecular flexibility index (Phi) is 3.91. The summed E-state index contributed by atoms with van der Waals surface area (Å²) in [4.78, 5) is 26.5. The predicted molar refractivity (Wildman–Crippen MR) is 79.5 cm³/mol. The van der Waals surface area contributed by atoms with Gasteiger partial charge in [0.1, 0.15) is 0 Å². The molecule has 2 bridgehead atoms. The molecule has 0 spiro atoms. The summed E-state index contributed by atoms with van der Waals surface area (Å²) in [6.45, 7) is 4.71. The third-order valence-electron chi connectivity index (χ3n) is 5.16. The summed E-state index contributed by atoms with van der Waals surface area (Å²) >= 11 is 0. The second-order valence-electron chi connectivity index (χ2n) is 6.72. The molecule has 0 aromatic heterocycles. The number of ether oxygens (including phenoxy) is 1. The highest BCUT2D eigenvalue weighted by Gasteiger charge is 2.65. The number of carbonyl (C=O) groups is 2. The van der Waals surface area contributed by atoms with E-state index < -0.39 is 5.60 Å². The molecule has 2 fully saturated rings. The van der Waals surface area contributed by atoms with E-state index in [0.717, 1.165) is 12.8 Å². The zero-order chi connectivity index (χ0) is 15.0. The largest absolute Gasteiger partial charge is 0.362 e. The molecule has 4 nitrogen and oxygen atoms in total. The van der Waals surface area contributed by atoms with E-state index in [9.17, 15) is 9.59 Å². The van der Waals surface area contributed by atoms with Crippen molar-refractivity contribution in [2.75, 3.05) is 6.54 Å². The van der Waals surface area contributed by atoms with E-state index in [1.54, 1.807) is 0 Å². The molecule has 4 heteroatoms. The third-order valence-corrected chi connectivity index (χ3v) is 5.16. The van der Waals surface area contributed by atoms with Crippen molar-refractivity contribution >= 4 is 11.8 Å². The van der Waals surface area contributed by atoms with Crippen molar-refractivity contribution < 1.29 is 14.3 Å². The minimum Gasteiger partial charge on any atom is -0.362 e. The van der Waals surface area contributed by atoms with Gasteiger partial charge in [0.15, 0.2) is 0 Å². The van der Waals surface area contributed by atoms with Crippen LogP contribution in [0.25, 0.3) is 0 Å². The van der Waals surface area contributed by atoms with Crippen molar-refractivity contribution in [3.63, 3.8) is 0 Å². The van der Waals surface area contributed by atoms with E-state index in [1.165, 1.54) is 30.6 Å². The molecule has 0 saturated carbocycles. The zero-order valence-corrected chi connectivity index (χ0v) is 13.0. The van der Waals surface area contributed by atoms with E-state index in [1.807, 2.05) is 19.1 Å². The van der Waals surface area contributed by atoms with Crippen molar-refractivity contribution in [1.82, 2.24) is 4.90 Å². The van der Waals surface area contributed by atoms with Gasteiger partial charge in [0.25, 0.3) is 0 Å². The van der Waals surface area contributed by atoms with Gasteiger partial charge in [-0.3, -0.25) is 14.5 Å². The average Bonchev–Trinajstić information content (AvgIpc) is 3.05. The number of likely N-dealkylation sites (tertiary alicyclic amines) is 1. The molecule has 3 aliphatic rings. The van der Waals surface area contributed by atoms with E-state index in [4.69, 9.17) is 4.74 Å². The fraction of sp³-hybridized carbons (Fsp3) is 0.765. The summed E-state index contributed by atoms with van der Waals surface area (Å²) in [5, 5.41) is 0. The van der Waals surface area contributed by atoms with Crippen LogP contribution in [-0.2, 0) is 14.3 Å². The maximum absolute atomic E-state index is 12.5. The Hall–Kier alpha value is -1.16. The number of fused-ring (bicyclic) bond motifs is 5. The molecule has 3 rings (SSSR count). The number of hydrogen-bond donors (Lipinski definition) is 0. The Morgan fingerprint density at radius 2 is 1.86 bits per heavy atom. The van der Waals surface area contributed by atoms with Gasteiger partial charge in [0, 0.05) is 6.54 Å². The van der Waals surface area contributed by atoms with Crippen LogP contribution in [0.4, 0.5) is 0 Å². The molecule has 0 aromatic rings. The number of imide groups is 1. The van der Waals surface area contributed by atoms with Crippen molar-refractivity contribution in [3.05, 3.63) is 12.2 Å². The Morgan fingerprint density at radius 1 is 1.14 bits per heavy atom. The second-order valence-corrected chi connectivity index (χ2v) is 6.72. The first-order chi connectivity index (χ1) is 10.1. The molecule has 21 heavy (non-hydrogen) atoms. The van der Waals surface area contributed by atoms with E-state index >= 15 is 0 Å². The first kappa shape index (κ1) is 14.8. The van der Waals surface area contributed by atoms with Crippen LogP contribution in [0.3, 0.4) is 0 Å². The number of hydrogen-bond acceptors (Lipinski definition) is 3. The lowest BCUT2D eigenvalue weighted by Crippen LogP contribution is -2.38. The van der Waals surface area contributed by atoms with Gasteiger partial charge >= 0.3 is 0 Å². The zero-order valence-electron chi connectivity index (χ0n) is 13.0. The SMILES string of the molecule is CCCCCCCCN1C(=O)[C@H]2[C@@H]3C=C[C@@](C)(O3)[C@H]2C1=O. The first-order valence-corrected chi connectivity index (χ1v) is 8.31. The Morgan fingerprint density at radius 3 is 2.57 bits per heavy atom. The molecule has 3 heterocycles. The lowest BCUT2D eigenvalue weighted by Gasteiger charge is -2.24. The number of unbranched alkanes of at least 4 members (excludes halogenated alkanes) is 5. The molecule has 4 atom stereocenters. The van der Waals surface area contributed by atoms with Gasteiger partial charge in [-0.25, -0.2) is 0 Å². The minimum atomic E-state index is -0.558. The lowest BCUT2D eigenvalue weighted by molar-refractivity contribution is -0.143. The topological polar surface area (TPSA) is 46.6 Å². The molecule has 2 amide bonds. The van der Waals surface area contributed by atoms with Crippen LogP contribution >= 0.6 is 0 Å². The van der Waals surface area contributed by atoms with Crippen LogP contribution in [0.2, 0.25) is 0 Å². The van der Waals surface area contributed by atoms with Gasteiger partial charge in [0.2, 0.25) is 11.8 Å². The van der Waals surface area contributed by atoms with Gasteiger partial charge in [-0.05, 0) is 13.3 Å². The monoisotopic (exact) mass is 291 g/mol. The number of rotatable bonds is 7. The van der Waals surface area contributed by atoms with Crippen molar-refractivity contribution in [2.45, 2.75) is 64.1 Å². The van der Waals surface area contributed by atoms with Gasteiger partial charge < -0.3 is 4.74 Å². The van der Waals surface area contributed by atoms with Crippen LogP contribution in [-0.4, -0.2) is 35.0 Å². The summed E-state index contributed by atoms with van der Waals surface area (Å²) in [6, 6.07) is 0. The molecule has 116 valence electrons. The number of amides is 2. The maximum atomic E-state index is 12.5. The highest BCUT2D eigenvalue weighted by molar-refractivity contribution is 6.07. The highest BCUT2D eigenvalue weighted by atomic mass is 16.5. The third kappa shape index (κ3) is 2.33. The second kappa shape index (κ2) is 5.56. The Balaban J connectivity index is 1.55. The highest BCUT2D eigenvalue weighted by Crippen LogP contribution is 2.51. The van der Waals surface area contributed by atoms with Gasteiger partial charge in [0.05, 0.1) is 23.5 Å². The van der Waals surface area contributed by atoms with E-state index in [0.29, 0.717) is 6.54 Å². The average molecular weight is 291 g/mol. The molecule has 0 unspecified atom stereocenters. The summed E-state index contributed by atoms with van der Waals surface area (Å²) in [5.74, 6) is -0.600. The lowest BCUT2D eigenvalue weighted by atomic mass is 9.78. The van der Waals surface area contributed by atoms with Crippen LogP contribution in [0.15, 0.2) is 12.2 Å². The fourth-order valence-corrected chi connectivity index (χ4v) is 3.98. The first-order valence-electron chi connectivity index (χ1n) is 8.31.